The fourth-order valence-electron chi connectivity index (χ4n) is 5.87. The second-order valence-corrected chi connectivity index (χ2v) is 15.0. The second kappa shape index (κ2) is 15.3. The Hall–Kier alpha value is -4.28. The monoisotopic (exact) mass is 686 g/mol. The molecule has 3 aromatic carbocycles. The van der Waals surface area contributed by atoms with Gasteiger partial charge in [0.1, 0.15) is 10.3 Å². The standard InChI is InChI=1S/C38H42N2O6S2/c1-7-46-37(43)32-28-18-17-25(38(2,3)4)21-31(28)48-36(32)40-35(42)33(23-12-9-8-10-13-23)47-27-15-11-14-26(22-27)39-34(41)24-16-19-29(44-5)30(20-24)45-6/h8-16,19-20,22,25,33H,7,17-18,21H2,1-6H3,(H,39,41)(H,40,42). The number of esters is 1. The first-order valence-corrected chi connectivity index (χ1v) is 17.7. The number of rotatable bonds is 11. The molecule has 252 valence electrons. The van der Waals surface area contributed by atoms with E-state index in [0.717, 1.165) is 40.2 Å². The molecule has 4 aromatic rings. The Kier molecular flexibility index (Phi) is 11.2. The molecule has 1 aliphatic rings. The van der Waals surface area contributed by atoms with Gasteiger partial charge in [-0.3, -0.25) is 9.59 Å². The third kappa shape index (κ3) is 8.05. The lowest BCUT2D eigenvalue weighted by Gasteiger charge is -2.33. The Morgan fingerprint density at radius 1 is 0.938 bits per heavy atom. The van der Waals surface area contributed by atoms with Crippen molar-refractivity contribution in [3.63, 3.8) is 0 Å². The Morgan fingerprint density at radius 3 is 2.38 bits per heavy atom. The van der Waals surface area contributed by atoms with Gasteiger partial charge in [-0.2, -0.15) is 0 Å². The summed E-state index contributed by atoms with van der Waals surface area (Å²) in [5, 5.41) is 5.98. The van der Waals surface area contributed by atoms with Gasteiger partial charge in [-0.15, -0.1) is 23.1 Å². The highest BCUT2D eigenvalue weighted by Crippen LogP contribution is 2.45. The van der Waals surface area contributed by atoms with Crippen LogP contribution in [0.4, 0.5) is 10.7 Å². The minimum atomic E-state index is -0.639. The molecule has 1 aliphatic carbocycles. The van der Waals surface area contributed by atoms with Crippen molar-refractivity contribution in [3.05, 3.63) is 99.9 Å². The number of hydrogen-bond donors (Lipinski definition) is 2. The van der Waals surface area contributed by atoms with E-state index in [1.807, 2.05) is 48.5 Å². The number of ether oxygens (including phenoxy) is 3. The van der Waals surface area contributed by atoms with Gasteiger partial charge in [-0.1, -0.05) is 57.2 Å². The maximum atomic E-state index is 14.2. The normalized spacial score (nSPS) is 14.8. The smallest absolute Gasteiger partial charge is 0.341 e. The molecule has 0 saturated carbocycles. The van der Waals surface area contributed by atoms with Crippen molar-refractivity contribution in [3.8, 4) is 11.5 Å². The molecule has 8 nitrogen and oxygen atoms in total. The van der Waals surface area contributed by atoms with E-state index in [1.165, 1.54) is 30.2 Å². The molecule has 5 rings (SSSR count). The van der Waals surface area contributed by atoms with Gasteiger partial charge >= 0.3 is 5.97 Å². The van der Waals surface area contributed by atoms with Crippen LogP contribution >= 0.6 is 23.1 Å². The van der Waals surface area contributed by atoms with E-state index in [0.29, 0.717) is 39.2 Å². The highest BCUT2D eigenvalue weighted by atomic mass is 32.2. The van der Waals surface area contributed by atoms with Crippen molar-refractivity contribution >= 4 is 51.6 Å². The first-order chi connectivity index (χ1) is 23.0. The molecule has 0 radical (unpaired) electrons. The molecule has 0 spiro atoms. The molecule has 1 aromatic heterocycles. The van der Waals surface area contributed by atoms with Gasteiger partial charge in [0, 0.05) is 21.0 Å². The number of carbonyl (C=O) groups is 3. The number of fused-ring (bicyclic) bond motifs is 1. The van der Waals surface area contributed by atoms with Gasteiger partial charge in [0.15, 0.2) is 11.5 Å². The van der Waals surface area contributed by atoms with E-state index >= 15 is 0 Å². The number of anilines is 2. The maximum Gasteiger partial charge on any atom is 0.341 e. The van der Waals surface area contributed by atoms with Crippen LogP contribution < -0.4 is 20.1 Å². The second-order valence-electron chi connectivity index (χ2n) is 12.7. The molecule has 48 heavy (non-hydrogen) atoms. The van der Waals surface area contributed by atoms with E-state index in [2.05, 4.69) is 31.4 Å². The lowest BCUT2D eigenvalue weighted by Crippen LogP contribution is -2.26. The Morgan fingerprint density at radius 2 is 1.69 bits per heavy atom. The van der Waals surface area contributed by atoms with Crippen molar-refractivity contribution in [1.82, 2.24) is 0 Å². The summed E-state index contributed by atoms with van der Waals surface area (Å²) in [5.74, 6) is 0.511. The molecule has 2 amide bonds. The number of thioether (sulfide) groups is 1. The van der Waals surface area contributed by atoms with Crippen LogP contribution in [-0.4, -0.2) is 38.6 Å². The average molecular weight is 687 g/mol. The van der Waals surface area contributed by atoms with Crippen molar-refractivity contribution in [2.45, 2.75) is 57.1 Å². The fourth-order valence-corrected chi connectivity index (χ4v) is 8.28. The number of nitrogens with one attached hydrogen (secondary N) is 2. The largest absolute Gasteiger partial charge is 0.493 e. The van der Waals surface area contributed by atoms with E-state index in [4.69, 9.17) is 14.2 Å². The molecule has 10 heteroatoms. The van der Waals surface area contributed by atoms with Crippen molar-refractivity contribution < 1.29 is 28.6 Å². The summed E-state index contributed by atoms with van der Waals surface area (Å²) in [7, 11) is 3.06. The van der Waals surface area contributed by atoms with Gasteiger partial charge in [0.2, 0.25) is 5.91 Å². The van der Waals surface area contributed by atoms with Gasteiger partial charge in [-0.25, -0.2) is 4.79 Å². The molecule has 2 N–H and O–H groups in total. The van der Waals surface area contributed by atoms with E-state index < -0.39 is 11.2 Å². The van der Waals surface area contributed by atoms with Crippen LogP contribution in [0.5, 0.6) is 11.5 Å². The van der Waals surface area contributed by atoms with Crippen LogP contribution in [0.25, 0.3) is 0 Å². The zero-order valence-corrected chi connectivity index (χ0v) is 29.8. The van der Waals surface area contributed by atoms with Gasteiger partial charge in [0.25, 0.3) is 5.91 Å². The van der Waals surface area contributed by atoms with Crippen LogP contribution in [0.2, 0.25) is 0 Å². The highest BCUT2D eigenvalue weighted by molar-refractivity contribution is 8.00. The fraction of sp³-hybridized carbons (Fsp3) is 0.342. The number of carbonyl (C=O) groups excluding carboxylic acids is 3. The molecule has 0 bridgehead atoms. The summed E-state index contributed by atoms with van der Waals surface area (Å²) in [6, 6.07) is 21.9. The topological polar surface area (TPSA) is 103 Å². The predicted molar refractivity (Wildman–Crippen MR) is 193 cm³/mol. The SMILES string of the molecule is CCOC(=O)c1c(NC(=O)C(Sc2cccc(NC(=O)c3ccc(OC)c(OC)c3)c2)c2ccccc2)sc2c1CCC(C(C)(C)C)C2. The van der Waals surface area contributed by atoms with Crippen molar-refractivity contribution in [2.24, 2.45) is 11.3 Å². The van der Waals surface area contributed by atoms with Crippen LogP contribution in [0.3, 0.4) is 0 Å². The van der Waals surface area contributed by atoms with Gasteiger partial charge in [0.05, 0.1) is 26.4 Å². The summed E-state index contributed by atoms with van der Waals surface area (Å²) in [4.78, 5) is 42.5. The molecule has 0 saturated heterocycles. The average Bonchev–Trinajstić information content (AvgIpc) is 3.44. The Bertz CT molecular complexity index is 1780. The van der Waals surface area contributed by atoms with Crippen LogP contribution in [0, 0.1) is 11.3 Å². The lowest BCUT2D eigenvalue weighted by molar-refractivity contribution is -0.115. The minimum Gasteiger partial charge on any atom is -0.493 e. The van der Waals surface area contributed by atoms with Crippen molar-refractivity contribution in [2.75, 3.05) is 31.5 Å². The van der Waals surface area contributed by atoms with E-state index in [9.17, 15) is 14.4 Å². The van der Waals surface area contributed by atoms with Gasteiger partial charge < -0.3 is 24.8 Å². The van der Waals surface area contributed by atoms with Crippen LogP contribution in [0.15, 0.2) is 77.7 Å². The number of thiophene rings is 1. The number of hydrogen-bond acceptors (Lipinski definition) is 8. The third-order valence-electron chi connectivity index (χ3n) is 8.54. The summed E-state index contributed by atoms with van der Waals surface area (Å²) < 4.78 is 16.1. The molecule has 2 atom stereocenters. The van der Waals surface area contributed by atoms with E-state index in [1.54, 1.807) is 38.3 Å². The molecular formula is C38H42N2O6S2. The number of benzene rings is 3. The summed E-state index contributed by atoms with van der Waals surface area (Å²) in [6.45, 7) is 8.80. The number of methoxy groups -OCH3 is 2. The minimum absolute atomic E-state index is 0.139. The first kappa shape index (κ1) is 35.0. The molecule has 0 fully saturated rings. The predicted octanol–water partition coefficient (Wildman–Crippen LogP) is 8.82. The molecule has 0 aliphatic heterocycles. The van der Waals surface area contributed by atoms with Crippen molar-refractivity contribution in [1.29, 1.82) is 0 Å². The maximum absolute atomic E-state index is 14.2. The van der Waals surface area contributed by atoms with E-state index in [-0.39, 0.29) is 23.8 Å². The Balaban J connectivity index is 1.40. The number of amides is 2. The van der Waals surface area contributed by atoms with Crippen LogP contribution in [0.1, 0.15) is 76.1 Å². The van der Waals surface area contributed by atoms with Crippen LogP contribution in [-0.2, 0) is 22.4 Å². The highest BCUT2D eigenvalue weighted by Gasteiger charge is 2.35. The lowest BCUT2D eigenvalue weighted by atomic mass is 9.72. The third-order valence-corrected chi connectivity index (χ3v) is 11.0. The summed E-state index contributed by atoms with van der Waals surface area (Å²) in [6.07, 6.45) is 2.62. The zero-order chi connectivity index (χ0) is 34.4. The molecular weight excluding hydrogens is 645 g/mol. The molecule has 2 unspecified atom stereocenters. The summed E-state index contributed by atoms with van der Waals surface area (Å²) in [5.41, 5.74) is 3.42. The quantitative estimate of drug-likeness (QED) is 0.120. The van der Waals surface area contributed by atoms with Gasteiger partial charge in [-0.05, 0) is 85.0 Å². The first-order valence-electron chi connectivity index (χ1n) is 16.0. The zero-order valence-electron chi connectivity index (χ0n) is 28.2. The molecule has 1 heterocycles. The summed E-state index contributed by atoms with van der Waals surface area (Å²) >= 11 is 2.86. The Labute approximate surface area is 290 Å².